The Labute approximate surface area is 170 Å². The molecular formula is C20H18ClNO5S. The van der Waals surface area contributed by atoms with Crippen molar-refractivity contribution in [2.45, 2.75) is 17.9 Å². The van der Waals surface area contributed by atoms with Gasteiger partial charge >= 0.3 is 6.16 Å². The molecule has 146 valence electrons. The van der Waals surface area contributed by atoms with Crippen LogP contribution in [0.5, 0.6) is 5.75 Å². The third-order valence-electron chi connectivity index (χ3n) is 4.30. The topological polar surface area (TPSA) is 88.8 Å². The number of hydrogen-bond donors (Lipinski definition) is 2. The van der Waals surface area contributed by atoms with Gasteiger partial charge in [0.25, 0.3) is 0 Å². The number of aliphatic hydroxyl groups excluding tert-OH is 1. The molecule has 0 fully saturated rings. The Hall–Kier alpha value is -2.48. The van der Waals surface area contributed by atoms with E-state index in [0.717, 1.165) is 16.0 Å². The third-order valence-corrected chi connectivity index (χ3v) is 5.39. The molecule has 1 heterocycles. The maximum absolute atomic E-state index is 12.7. The van der Waals surface area contributed by atoms with Crippen LogP contribution in [0, 0.1) is 0 Å². The van der Waals surface area contributed by atoms with Crippen LogP contribution >= 0.6 is 23.4 Å². The molecule has 3 rings (SSSR count). The average molecular weight is 420 g/mol. The molecule has 0 unspecified atom stereocenters. The van der Waals surface area contributed by atoms with Crippen LogP contribution < -0.4 is 10.2 Å². The summed E-state index contributed by atoms with van der Waals surface area (Å²) < 4.78 is 6.22. The monoisotopic (exact) mass is 419 g/mol. The minimum absolute atomic E-state index is 0.163. The van der Waals surface area contributed by atoms with E-state index in [1.807, 2.05) is 30.5 Å². The fraction of sp³-hybridized carbons (Fsp3) is 0.200. The number of thioether (sulfide) groups is 1. The molecule has 0 spiro atoms. The number of carboxylic acid groups (broad SMARTS) is 1. The first-order valence-corrected chi connectivity index (χ1v) is 10.0. The van der Waals surface area contributed by atoms with E-state index in [-0.39, 0.29) is 18.9 Å². The summed E-state index contributed by atoms with van der Waals surface area (Å²) in [6.07, 6.45) is 2.24. The van der Waals surface area contributed by atoms with E-state index in [2.05, 4.69) is 4.74 Å². The zero-order valence-corrected chi connectivity index (χ0v) is 16.6. The van der Waals surface area contributed by atoms with Crippen molar-refractivity contribution in [3.63, 3.8) is 0 Å². The van der Waals surface area contributed by atoms with E-state index in [4.69, 9.17) is 16.7 Å². The summed E-state index contributed by atoms with van der Waals surface area (Å²) in [7, 11) is 0. The van der Waals surface area contributed by atoms with Crippen LogP contribution in [0.1, 0.15) is 11.1 Å². The molecule has 2 N–H and O–H groups in total. The molecule has 8 heteroatoms. The molecule has 2 aromatic carbocycles. The molecule has 1 aromatic heterocycles. The SMILES string of the molecule is CSc1ccc(Cl)c(Cc2ccc3c(c2)c(=O)c(OC(=O)O)cn3CCO)c1. The van der Waals surface area contributed by atoms with Crippen LogP contribution in [0.2, 0.25) is 5.02 Å². The van der Waals surface area contributed by atoms with Crippen molar-refractivity contribution in [3.05, 3.63) is 69.0 Å². The van der Waals surface area contributed by atoms with Gasteiger partial charge in [0.1, 0.15) is 0 Å². The molecule has 0 aliphatic rings. The third kappa shape index (κ3) is 4.32. The van der Waals surface area contributed by atoms with Gasteiger partial charge < -0.3 is 19.5 Å². The van der Waals surface area contributed by atoms with Crippen molar-refractivity contribution in [2.24, 2.45) is 0 Å². The first-order chi connectivity index (χ1) is 13.4. The van der Waals surface area contributed by atoms with Crippen molar-refractivity contribution in [2.75, 3.05) is 12.9 Å². The molecule has 0 saturated carbocycles. The highest BCUT2D eigenvalue weighted by Gasteiger charge is 2.14. The minimum Gasteiger partial charge on any atom is -0.449 e. The van der Waals surface area contributed by atoms with E-state index >= 15 is 0 Å². The summed E-state index contributed by atoms with van der Waals surface area (Å²) in [5, 5.41) is 19.1. The van der Waals surface area contributed by atoms with Gasteiger partial charge in [0.05, 0.1) is 18.3 Å². The first kappa shape index (κ1) is 20.3. The lowest BCUT2D eigenvalue weighted by molar-refractivity contribution is 0.143. The molecule has 0 radical (unpaired) electrons. The molecule has 6 nitrogen and oxygen atoms in total. The first-order valence-electron chi connectivity index (χ1n) is 8.43. The van der Waals surface area contributed by atoms with Gasteiger partial charge in [-0.3, -0.25) is 4.79 Å². The predicted molar refractivity (Wildman–Crippen MR) is 110 cm³/mol. The van der Waals surface area contributed by atoms with Crippen LogP contribution in [0.25, 0.3) is 10.9 Å². The smallest absolute Gasteiger partial charge is 0.449 e. The predicted octanol–water partition coefficient (Wildman–Crippen LogP) is 4.02. The van der Waals surface area contributed by atoms with Crippen molar-refractivity contribution in [1.29, 1.82) is 0 Å². The number of benzene rings is 2. The second-order valence-electron chi connectivity index (χ2n) is 6.09. The number of fused-ring (bicyclic) bond motifs is 1. The lowest BCUT2D eigenvalue weighted by atomic mass is 10.0. The van der Waals surface area contributed by atoms with Gasteiger partial charge in [0, 0.05) is 21.8 Å². The Balaban J connectivity index is 2.10. The standard InChI is InChI=1S/C20H18ClNO5S/c1-28-14-3-4-16(21)13(10-14)8-12-2-5-17-15(9-12)19(24)18(27-20(25)26)11-22(17)6-7-23/h2-5,9-11,23H,6-8H2,1H3,(H,25,26). The lowest BCUT2D eigenvalue weighted by Gasteiger charge is -2.13. The maximum Gasteiger partial charge on any atom is 0.511 e. The summed E-state index contributed by atoms with van der Waals surface area (Å²) in [6.45, 7) is 0.0387. The second kappa shape index (κ2) is 8.68. The molecule has 0 aliphatic heterocycles. The van der Waals surface area contributed by atoms with Crippen LogP contribution in [-0.2, 0) is 13.0 Å². The molecule has 0 atom stereocenters. The summed E-state index contributed by atoms with van der Waals surface area (Å²) in [4.78, 5) is 24.7. The van der Waals surface area contributed by atoms with E-state index in [0.29, 0.717) is 22.3 Å². The summed E-state index contributed by atoms with van der Waals surface area (Å²) in [6, 6.07) is 11.2. The van der Waals surface area contributed by atoms with Gasteiger partial charge in [0.15, 0.2) is 5.75 Å². The number of ether oxygens (including phenoxy) is 1. The molecule has 0 amide bonds. The zero-order valence-electron chi connectivity index (χ0n) is 15.0. The van der Waals surface area contributed by atoms with E-state index in [1.165, 1.54) is 6.20 Å². The number of pyridine rings is 1. The summed E-state index contributed by atoms with van der Waals surface area (Å²) in [5.74, 6) is -0.298. The highest BCUT2D eigenvalue weighted by atomic mass is 35.5. The molecule has 3 aromatic rings. The minimum atomic E-state index is -1.57. The number of rotatable bonds is 6. The maximum atomic E-state index is 12.7. The van der Waals surface area contributed by atoms with Crippen LogP contribution in [-0.4, -0.2) is 33.8 Å². The van der Waals surface area contributed by atoms with Crippen molar-refractivity contribution < 1.29 is 19.7 Å². The number of nitrogens with zero attached hydrogens (tertiary/aromatic N) is 1. The Morgan fingerprint density at radius 1 is 1.25 bits per heavy atom. The number of hydrogen-bond acceptors (Lipinski definition) is 5. The van der Waals surface area contributed by atoms with Gasteiger partial charge in [0.2, 0.25) is 5.43 Å². The van der Waals surface area contributed by atoms with Gasteiger partial charge in [-0.25, -0.2) is 4.79 Å². The Bertz CT molecular complexity index is 1100. The summed E-state index contributed by atoms with van der Waals surface area (Å²) in [5.41, 5.74) is 1.86. The highest BCUT2D eigenvalue weighted by Crippen LogP contribution is 2.26. The summed E-state index contributed by atoms with van der Waals surface area (Å²) >= 11 is 7.93. The van der Waals surface area contributed by atoms with Gasteiger partial charge in [-0.05, 0) is 54.1 Å². The Kier molecular flexibility index (Phi) is 6.28. The van der Waals surface area contributed by atoms with Crippen molar-refractivity contribution in [3.8, 4) is 5.75 Å². The number of aliphatic hydroxyl groups is 1. The van der Waals surface area contributed by atoms with Gasteiger partial charge in [-0.2, -0.15) is 0 Å². The highest BCUT2D eigenvalue weighted by molar-refractivity contribution is 7.98. The quantitative estimate of drug-likeness (QED) is 0.463. The molecule has 0 saturated heterocycles. The van der Waals surface area contributed by atoms with E-state index < -0.39 is 11.6 Å². The lowest BCUT2D eigenvalue weighted by Crippen LogP contribution is -2.17. The molecule has 0 aliphatic carbocycles. The largest absolute Gasteiger partial charge is 0.511 e. The average Bonchev–Trinajstić information content (AvgIpc) is 2.67. The van der Waals surface area contributed by atoms with Crippen molar-refractivity contribution in [1.82, 2.24) is 4.57 Å². The molecular weight excluding hydrogens is 402 g/mol. The van der Waals surface area contributed by atoms with E-state index in [1.54, 1.807) is 28.5 Å². The number of aromatic nitrogens is 1. The van der Waals surface area contributed by atoms with Crippen LogP contribution in [0.4, 0.5) is 4.79 Å². The second-order valence-corrected chi connectivity index (χ2v) is 7.38. The number of carbonyl (C=O) groups is 1. The molecule has 0 bridgehead atoms. The fourth-order valence-corrected chi connectivity index (χ4v) is 3.67. The van der Waals surface area contributed by atoms with Crippen LogP contribution in [0.3, 0.4) is 0 Å². The van der Waals surface area contributed by atoms with Gasteiger partial charge in [-0.1, -0.05) is 17.7 Å². The van der Waals surface area contributed by atoms with Gasteiger partial charge in [-0.15, -0.1) is 11.8 Å². The number of halogens is 1. The molecule has 28 heavy (non-hydrogen) atoms. The zero-order chi connectivity index (χ0) is 20.3. The van der Waals surface area contributed by atoms with E-state index in [9.17, 15) is 14.7 Å². The Morgan fingerprint density at radius 3 is 2.71 bits per heavy atom. The fourth-order valence-electron chi connectivity index (χ4n) is 3.02. The van der Waals surface area contributed by atoms with Crippen LogP contribution in [0.15, 0.2) is 52.3 Å². The van der Waals surface area contributed by atoms with Crippen molar-refractivity contribution >= 4 is 40.4 Å². The normalized spacial score (nSPS) is 11.0. The Morgan fingerprint density at radius 2 is 2.04 bits per heavy atom.